The Labute approximate surface area is 107 Å². The molecule has 0 aliphatic carbocycles. The van der Waals surface area contributed by atoms with Crippen LogP contribution in [0.15, 0.2) is 64.4 Å². The third kappa shape index (κ3) is 4.43. The average Bonchev–Trinajstić information content (AvgIpc) is 2.31. The van der Waals surface area contributed by atoms with Crippen molar-refractivity contribution in [3.8, 4) is 6.07 Å². The van der Waals surface area contributed by atoms with Crippen LogP contribution in [-0.2, 0) is 0 Å². The van der Waals surface area contributed by atoms with Gasteiger partial charge in [-0.2, -0.15) is 5.26 Å². The van der Waals surface area contributed by atoms with E-state index in [1.165, 1.54) is 0 Å². The second-order valence-corrected chi connectivity index (χ2v) is 3.96. The number of nitriles is 1. The zero-order valence-electron chi connectivity index (χ0n) is 8.54. The molecule has 0 saturated carbocycles. The van der Waals surface area contributed by atoms with E-state index < -0.39 is 0 Å². The van der Waals surface area contributed by atoms with E-state index in [0.717, 1.165) is 9.79 Å². The fourth-order valence-electron chi connectivity index (χ4n) is 0.996. The van der Waals surface area contributed by atoms with Crippen molar-refractivity contribution in [2.75, 3.05) is 0 Å². The van der Waals surface area contributed by atoms with Crippen LogP contribution in [0.25, 0.3) is 0 Å². The Morgan fingerprint density at radius 3 is 1.75 bits per heavy atom. The third-order valence-corrected chi connectivity index (χ3v) is 2.47. The van der Waals surface area contributed by atoms with Crippen molar-refractivity contribution >= 4 is 25.3 Å². The Morgan fingerprint density at radius 2 is 1.38 bits per heavy atom. The first kappa shape index (κ1) is 12.7. The molecular weight excluding hydrogens is 234 g/mol. The summed E-state index contributed by atoms with van der Waals surface area (Å²) in [5.41, 5.74) is 0.626. The SMILES string of the molecule is N#Cc1ccccc1S.Sc1ccccc1. The van der Waals surface area contributed by atoms with Crippen LogP contribution in [0.2, 0.25) is 0 Å². The number of hydrogen-bond acceptors (Lipinski definition) is 3. The van der Waals surface area contributed by atoms with Gasteiger partial charge in [0, 0.05) is 9.79 Å². The van der Waals surface area contributed by atoms with Gasteiger partial charge in [0.1, 0.15) is 6.07 Å². The number of nitrogens with zero attached hydrogens (tertiary/aromatic N) is 1. The zero-order chi connectivity index (χ0) is 11.8. The molecule has 0 aliphatic heterocycles. The highest BCUT2D eigenvalue weighted by molar-refractivity contribution is 7.80. The van der Waals surface area contributed by atoms with Gasteiger partial charge >= 0.3 is 0 Å². The third-order valence-electron chi connectivity index (χ3n) is 1.78. The van der Waals surface area contributed by atoms with Crippen molar-refractivity contribution in [1.82, 2.24) is 0 Å². The van der Waals surface area contributed by atoms with E-state index in [-0.39, 0.29) is 0 Å². The van der Waals surface area contributed by atoms with Crippen LogP contribution in [0.4, 0.5) is 0 Å². The smallest absolute Gasteiger partial charge is 0.100 e. The molecule has 3 heteroatoms. The second-order valence-electron chi connectivity index (χ2n) is 2.96. The Morgan fingerprint density at radius 1 is 0.812 bits per heavy atom. The molecule has 0 saturated heterocycles. The summed E-state index contributed by atoms with van der Waals surface area (Å²) in [5, 5.41) is 8.42. The molecule has 2 rings (SSSR count). The molecule has 80 valence electrons. The number of benzene rings is 2. The Hall–Kier alpha value is -1.37. The number of thiol groups is 2. The van der Waals surface area contributed by atoms with E-state index in [1.54, 1.807) is 12.1 Å². The summed E-state index contributed by atoms with van der Waals surface area (Å²) in [6.07, 6.45) is 0. The van der Waals surface area contributed by atoms with Crippen LogP contribution in [0, 0.1) is 11.3 Å². The van der Waals surface area contributed by atoms with E-state index in [0.29, 0.717) is 5.56 Å². The number of rotatable bonds is 0. The molecule has 2 aromatic rings. The molecule has 1 nitrogen and oxygen atoms in total. The molecule has 0 aromatic heterocycles. The first-order valence-corrected chi connectivity index (χ1v) is 5.55. The first-order valence-electron chi connectivity index (χ1n) is 4.66. The van der Waals surface area contributed by atoms with Gasteiger partial charge in [-0.05, 0) is 24.3 Å². The van der Waals surface area contributed by atoms with Crippen LogP contribution in [0.5, 0.6) is 0 Å². The number of hydrogen-bond donors (Lipinski definition) is 2. The standard InChI is InChI=1S/C7H5NS.C6H6S/c8-5-6-3-1-2-4-7(6)9;7-6-4-2-1-3-5-6/h1-4,9H;1-5,7H. The molecule has 0 N–H and O–H groups in total. The molecule has 0 atom stereocenters. The van der Waals surface area contributed by atoms with Gasteiger partial charge in [-0.1, -0.05) is 30.3 Å². The summed E-state index contributed by atoms with van der Waals surface area (Å²) < 4.78 is 0. The topological polar surface area (TPSA) is 23.8 Å². The summed E-state index contributed by atoms with van der Waals surface area (Å²) >= 11 is 8.14. The zero-order valence-corrected chi connectivity index (χ0v) is 10.3. The quantitative estimate of drug-likeness (QED) is 0.677. The first-order chi connectivity index (χ1) is 7.74. The van der Waals surface area contributed by atoms with Gasteiger partial charge in [0.25, 0.3) is 0 Å². The monoisotopic (exact) mass is 245 g/mol. The lowest BCUT2D eigenvalue weighted by Crippen LogP contribution is -1.73. The summed E-state index contributed by atoms with van der Waals surface area (Å²) in [6.45, 7) is 0. The maximum absolute atomic E-state index is 8.42. The Bertz CT molecular complexity index is 475. The molecule has 16 heavy (non-hydrogen) atoms. The van der Waals surface area contributed by atoms with Gasteiger partial charge in [0.05, 0.1) is 5.56 Å². The maximum Gasteiger partial charge on any atom is 0.100 e. The fraction of sp³-hybridized carbons (Fsp3) is 0. The molecule has 0 fully saturated rings. The average molecular weight is 245 g/mol. The van der Waals surface area contributed by atoms with Crippen LogP contribution >= 0.6 is 25.3 Å². The lowest BCUT2D eigenvalue weighted by atomic mass is 10.2. The van der Waals surface area contributed by atoms with Crippen molar-refractivity contribution in [3.05, 3.63) is 60.2 Å². The molecule has 0 bridgehead atoms. The van der Waals surface area contributed by atoms with Crippen molar-refractivity contribution in [2.24, 2.45) is 0 Å². The summed E-state index contributed by atoms with van der Waals surface area (Å²) in [7, 11) is 0. The Kier molecular flexibility index (Phi) is 5.55. The van der Waals surface area contributed by atoms with Gasteiger partial charge in [0.2, 0.25) is 0 Å². The van der Waals surface area contributed by atoms with Gasteiger partial charge in [-0.25, -0.2) is 0 Å². The molecular formula is C13H11NS2. The highest BCUT2D eigenvalue weighted by Crippen LogP contribution is 2.10. The highest BCUT2D eigenvalue weighted by atomic mass is 32.1. The van der Waals surface area contributed by atoms with Gasteiger partial charge in [-0.15, -0.1) is 25.3 Å². The predicted octanol–water partition coefficient (Wildman–Crippen LogP) is 3.82. The summed E-state index contributed by atoms with van der Waals surface area (Å²) in [6, 6.07) is 19.0. The van der Waals surface area contributed by atoms with Gasteiger partial charge < -0.3 is 0 Å². The van der Waals surface area contributed by atoms with Crippen molar-refractivity contribution in [1.29, 1.82) is 5.26 Å². The largest absolute Gasteiger partial charge is 0.192 e. The minimum Gasteiger partial charge on any atom is -0.192 e. The van der Waals surface area contributed by atoms with E-state index in [2.05, 4.69) is 25.3 Å². The van der Waals surface area contributed by atoms with Crippen molar-refractivity contribution in [3.63, 3.8) is 0 Å². The van der Waals surface area contributed by atoms with E-state index >= 15 is 0 Å². The fourth-order valence-corrected chi connectivity index (χ4v) is 1.38. The van der Waals surface area contributed by atoms with Crippen molar-refractivity contribution in [2.45, 2.75) is 9.79 Å². The molecule has 0 unspecified atom stereocenters. The summed E-state index contributed by atoms with van der Waals surface area (Å²) in [4.78, 5) is 1.75. The Balaban J connectivity index is 0.000000165. The molecule has 0 amide bonds. The van der Waals surface area contributed by atoms with E-state index in [4.69, 9.17) is 5.26 Å². The minimum absolute atomic E-state index is 0.626. The maximum atomic E-state index is 8.42. The van der Waals surface area contributed by atoms with E-state index in [9.17, 15) is 0 Å². The molecule has 0 radical (unpaired) electrons. The van der Waals surface area contributed by atoms with Crippen LogP contribution in [0.3, 0.4) is 0 Å². The van der Waals surface area contributed by atoms with Crippen LogP contribution in [0.1, 0.15) is 5.56 Å². The lowest BCUT2D eigenvalue weighted by Gasteiger charge is -1.89. The van der Waals surface area contributed by atoms with E-state index in [1.807, 2.05) is 48.5 Å². The second kappa shape index (κ2) is 7.00. The summed E-state index contributed by atoms with van der Waals surface area (Å²) in [5.74, 6) is 0. The van der Waals surface area contributed by atoms with Crippen molar-refractivity contribution < 1.29 is 0 Å². The molecule has 2 aromatic carbocycles. The van der Waals surface area contributed by atoms with Crippen LogP contribution < -0.4 is 0 Å². The molecule has 0 spiro atoms. The molecule has 0 heterocycles. The normalized spacial score (nSPS) is 8.56. The lowest BCUT2D eigenvalue weighted by molar-refractivity contribution is 1.38. The van der Waals surface area contributed by atoms with Gasteiger partial charge in [-0.3, -0.25) is 0 Å². The highest BCUT2D eigenvalue weighted by Gasteiger charge is 1.91. The minimum atomic E-state index is 0.626. The van der Waals surface area contributed by atoms with Gasteiger partial charge in [0.15, 0.2) is 0 Å². The predicted molar refractivity (Wildman–Crippen MR) is 72.1 cm³/mol. The van der Waals surface area contributed by atoms with Crippen LogP contribution in [-0.4, -0.2) is 0 Å². The molecule has 0 aliphatic rings.